The number of benzene rings is 1. The predicted molar refractivity (Wildman–Crippen MR) is 82.4 cm³/mol. The molecule has 112 valence electrons. The van der Waals surface area contributed by atoms with E-state index in [-0.39, 0.29) is 10.7 Å². The van der Waals surface area contributed by atoms with Crippen LogP contribution in [0.15, 0.2) is 18.2 Å². The molecule has 0 unspecified atom stereocenters. The molecule has 1 saturated carbocycles. The summed E-state index contributed by atoms with van der Waals surface area (Å²) in [6.07, 6.45) is 5.03. The summed E-state index contributed by atoms with van der Waals surface area (Å²) < 4.78 is 14.7. The third-order valence-corrected chi connectivity index (χ3v) is 5.35. The first-order chi connectivity index (χ1) is 10.2. The van der Waals surface area contributed by atoms with E-state index in [4.69, 9.17) is 0 Å². The van der Waals surface area contributed by atoms with Crippen molar-refractivity contribution in [3.8, 4) is 0 Å². The second-order valence-electron chi connectivity index (χ2n) is 5.61. The number of carboxylic acids is 1. The fourth-order valence-corrected chi connectivity index (χ4v) is 4.20. The van der Waals surface area contributed by atoms with Crippen molar-refractivity contribution >= 4 is 27.4 Å². The highest BCUT2D eigenvalue weighted by Crippen LogP contribution is 2.33. The van der Waals surface area contributed by atoms with Crippen LogP contribution in [0.3, 0.4) is 0 Å². The quantitative estimate of drug-likeness (QED) is 0.877. The number of carboxylic acid groups (broad SMARTS) is 1. The minimum absolute atomic E-state index is 0.244. The molecule has 21 heavy (non-hydrogen) atoms. The molecule has 2 aromatic rings. The molecule has 5 heteroatoms. The number of nitrogens with one attached hydrogen (secondary N) is 1. The van der Waals surface area contributed by atoms with E-state index in [1.165, 1.54) is 31.7 Å². The Morgan fingerprint density at radius 3 is 2.86 bits per heavy atom. The maximum atomic E-state index is 14.0. The van der Waals surface area contributed by atoms with E-state index in [0.29, 0.717) is 28.1 Å². The number of halogens is 1. The monoisotopic (exact) mass is 307 g/mol. The van der Waals surface area contributed by atoms with Gasteiger partial charge in [0.05, 0.1) is 0 Å². The summed E-state index contributed by atoms with van der Waals surface area (Å²) in [7, 11) is 0. The van der Waals surface area contributed by atoms with E-state index < -0.39 is 5.97 Å². The van der Waals surface area contributed by atoms with E-state index >= 15 is 0 Å². The van der Waals surface area contributed by atoms with Gasteiger partial charge in [-0.3, -0.25) is 0 Å². The lowest BCUT2D eigenvalue weighted by Gasteiger charge is -2.10. The molecule has 1 aromatic carbocycles. The first kappa shape index (κ1) is 14.5. The highest BCUT2D eigenvalue weighted by molar-refractivity contribution is 7.21. The summed E-state index contributed by atoms with van der Waals surface area (Å²) >= 11 is 1.15. The van der Waals surface area contributed by atoms with Crippen LogP contribution in [0.1, 0.15) is 40.9 Å². The van der Waals surface area contributed by atoms with Gasteiger partial charge in [-0.15, -0.1) is 11.3 Å². The van der Waals surface area contributed by atoms with Crippen LogP contribution in [-0.2, 0) is 6.54 Å². The second-order valence-corrected chi connectivity index (χ2v) is 6.66. The van der Waals surface area contributed by atoms with Crippen LogP contribution in [0.2, 0.25) is 0 Å². The van der Waals surface area contributed by atoms with Crippen molar-refractivity contribution in [2.24, 2.45) is 5.92 Å². The van der Waals surface area contributed by atoms with Gasteiger partial charge in [-0.25, -0.2) is 9.18 Å². The number of thiophene rings is 1. The molecular formula is C16H18FNO2S. The maximum Gasteiger partial charge on any atom is 0.346 e. The van der Waals surface area contributed by atoms with Crippen LogP contribution < -0.4 is 5.32 Å². The summed E-state index contributed by atoms with van der Waals surface area (Å²) in [4.78, 5) is 11.6. The molecule has 0 radical (unpaired) electrons. The second kappa shape index (κ2) is 6.12. The lowest BCUT2D eigenvalue weighted by Crippen LogP contribution is -2.21. The molecule has 0 spiro atoms. The average molecular weight is 307 g/mol. The Bertz CT molecular complexity index is 662. The smallest absolute Gasteiger partial charge is 0.346 e. The van der Waals surface area contributed by atoms with Gasteiger partial charge < -0.3 is 10.4 Å². The molecule has 0 bridgehead atoms. The Hall–Kier alpha value is -1.46. The Balaban J connectivity index is 1.84. The molecule has 2 N–H and O–H groups in total. The Morgan fingerprint density at radius 2 is 2.14 bits per heavy atom. The molecule has 1 fully saturated rings. The van der Waals surface area contributed by atoms with Gasteiger partial charge in [0.1, 0.15) is 10.7 Å². The number of rotatable bonds is 5. The summed E-state index contributed by atoms with van der Waals surface area (Å²) in [6, 6.07) is 4.78. The normalized spacial score (nSPS) is 15.9. The van der Waals surface area contributed by atoms with Crippen molar-refractivity contribution in [1.29, 1.82) is 0 Å². The molecule has 1 heterocycles. The fourth-order valence-electron chi connectivity index (χ4n) is 3.12. The van der Waals surface area contributed by atoms with Crippen LogP contribution in [0.25, 0.3) is 10.1 Å². The lowest BCUT2D eigenvalue weighted by atomic mass is 10.1. The van der Waals surface area contributed by atoms with E-state index in [9.17, 15) is 14.3 Å². The topological polar surface area (TPSA) is 49.3 Å². The Morgan fingerprint density at radius 1 is 1.38 bits per heavy atom. The zero-order valence-electron chi connectivity index (χ0n) is 11.7. The molecule has 0 atom stereocenters. The molecule has 3 rings (SSSR count). The molecule has 0 amide bonds. The van der Waals surface area contributed by atoms with Crippen LogP contribution in [0, 0.1) is 11.7 Å². The average Bonchev–Trinajstić information content (AvgIpc) is 3.07. The van der Waals surface area contributed by atoms with E-state index in [1.807, 2.05) is 0 Å². The van der Waals surface area contributed by atoms with Gasteiger partial charge in [0.2, 0.25) is 0 Å². The van der Waals surface area contributed by atoms with Crippen molar-refractivity contribution in [3.63, 3.8) is 0 Å². The number of hydrogen-bond acceptors (Lipinski definition) is 3. The van der Waals surface area contributed by atoms with E-state index in [0.717, 1.165) is 17.9 Å². The fraction of sp³-hybridized carbons (Fsp3) is 0.438. The summed E-state index contributed by atoms with van der Waals surface area (Å²) in [5, 5.41) is 13.1. The maximum absolute atomic E-state index is 14.0. The van der Waals surface area contributed by atoms with Gasteiger partial charge in [0, 0.05) is 22.2 Å². The number of hydrogen-bond donors (Lipinski definition) is 2. The van der Waals surface area contributed by atoms with Crippen LogP contribution in [0.5, 0.6) is 0 Å². The van der Waals surface area contributed by atoms with Gasteiger partial charge in [-0.1, -0.05) is 18.9 Å². The van der Waals surface area contributed by atoms with Gasteiger partial charge in [0.15, 0.2) is 0 Å². The first-order valence-corrected chi connectivity index (χ1v) is 8.12. The Kier molecular flexibility index (Phi) is 4.22. The largest absolute Gasteiger partial charge is 0.477 e. The molecular weight excluding hydrogens is 289 g/mol. The van der Waals surface area contributed by atoms with Crippen molar-refractivity contribution in [2.75, 3.05) is 6.54 Å². The molecule has 3 nitrogen and oxygen atoms in total. The minimum atomic E-state index is -0.978. The molecule has 0 aliphatic heterocycles. The van der Waals surface area contributed by atoms with Crippen LogP contribution in [-0.4, -0.2) is 17.6 Å². The third-order valence-electron chi connectivity index (χ3n) is 4.17. The SMILES string of the molecule is O=C(O)c1sc2cccc(F)c2c1CNCC1CCCC1. The number of fused-ring (bicyclic) bond motifs is 1. The van der Waals surface area contributed by atoms with Gasteiger partial charge in [0.25, 0.3) is 0 Å². The Labute approximate surface area is 126 Å². The molecule has 0 saturated heterocycles. The van der Waals surface area contributed by atoms with E-state index in [2.05, 4.69) is 5.32 Å². The van der Waals surface area contributed by atoms with Crippen LogP contribution >= 0.6 is 11.3 Å². The highest BCUT2D eigenvalue weighted by atomic mass is 32.1. The van der Waals surface area contributed by atoms with Gasteiger partial charge in [-0.2, -0.15) is 0 Å². The molecule has 1 aliphatic rings. The highest BCUT2D eigenvalue weighted by Gasteiger charge is 2.20. The molecule has 1 aromatic heterocycles. The zero-order chi connectivity index (χ0) is 14.8. The summed E-state index contributed by atoms with van der Waals surface area (Å²) in [6.45, 7) is 1.30. The van der Waals surface area contributed by atoms with Crippen molar-refractivity contribution in [2.45, 2.75) is 32.2 Å². The van der Waals surface area contributed by atoms with Crippen molar-refractivity contribution in [1.82, 2.24) is 5.32 Å². The zero-order valence-corrected chi connectivity index (χ0v) is 12.5. The van der Waals surface area contributed by atoms with Gasteiger partial charge >= 0.3 is 5.97 Å². The van der Waals surface area contributed by atoms with Crippen molar-refractivity contribution in [3.05, 3.63) is 34.5 Å². The van der Waals surface area contributed by atoms with E-state index in [1.54, 1.807) is 12.1 Å². The third kappa shape index (κ3) is 2.94. The number of carbonyl (C=O) groups is 1. The minimum Gasteiger partial charge on any atom is -0.477 e. The predicted octanol–water partition coefficient (Wildman–Crippen LogP) is 4.02. The first-order valence-electron chi connectivity index (χ1n) is 7.30. The molecule has 1 aliphatic carbocycles. The van der Waals surface area contributed by atoms with Crippen molar-refractivity contribution < 1.29 is 14.3 Å². The lowest BCUT2D eigenvalue weighted by molar-refractivity contribution is 0.0701. The van der Waals surface area contributed by atoms with Crippen LogP contribution in [0.4, 0.5) is 4.39 Å². The van der Waals surface area contributed by atoms with Gasteiger partial charge in [-0.05, 0) is 37.4 Å². The number of aromatic carboxylic acids is 1. The standard InChI is InChI=1S/C16H18FNO2S/c17-12-6-3-7-13-14(12)11(15(21-13)16(19)20)9-18-8-10-4-1-2-5-10/h3,6-7,10,18H,1-2,4-5,8-9H2,(H,19,20). The summed E-state index contributed by atoms with van der Waals surface area (Å²) in [5.74, 6) is -0.643. The summed E-state index contributed by atoms with van der Waals surface area (Å²) in [5.41, 5.74) is 0.582.